The molecule has 17 heavy (non-hydrogen) atoms. The first-order valence-electron chi connectivity index (χ1n) is 6.61. The number of nitrogens with one attached hydrogen (secondary N) is 1. The summed E-state index contributed by atoms with van der Waals surface area (Å²) >= 11 is 0. The molecule has 102 valence electrons. The van der Waals surface area contributed by atoms with E-state index in [-0.39, 0.29) is 18.2 Å². The topological polar surface area (TPSA) is 44.7 Å². The van der Waals surface area contributed by atoms with Gasteiger partial charge in [0.25, 0.3) is 0 Å². The van der Waals surface area contributed by atoms with Gasteiger partial charge in [-0.05, 0) is 32.9 Å². The van der Waals surface area contributed by atoms with Gasteiger partial charge in [0.2, 0.25) is 0 Å². The van der Waals surface area contributed by atoms with Crippen LogP contribution < -0.4 is 5.32 Å². The van der Waals surface area contributed by atoms with Crippen LogP contribution in [0.4, 0.5) is 0 Å². The van der Waals surface area contributed by atoms with Gasteiger partial charge in [-0.15, -0.1) is 0 Å². The van der Waals surface area contributed by atoms with Gasteiger partial charge in [0.15, 0.2) is 0 Å². The predicted octanol–water partition coefficient (Wildman–Crippen LogP) is 0.704. The Labute approximate surface area is 105 Å². The highest BCUT2D eigenvalue weighted by molar-refractivity contribution is 4.93. The molecule has 1 aliphatic rings. The van der Waals surface area contributed by atoms with E-state index in [4.69, 9.17) is 4.74 Å². The molecule has 4 nitrogen and oxygen atoms in total. The number of rotatable bonds is 6. The second-order valence-corrected chi connectivity index (χ2v) is 5.78. The van der Waals surface area contributed by atoms with Crippen molar-refractivity contribution in [3.8, 4) is 0 Å². The highest BCUT2D eigenvalue weighted by atomic mass is 16.5. The van der Waals surface area contributed by atoms with Crippen LogP contribution in [-0.4, -0.2) is 62.0 Å². The van der Waals surface area contributed by atoms with Crippen LogP contribution in [0.5, 0.6) is 0 Å². The Bertz CT molecular complexity index is 221. The molecule has 2 N–H and O–H groups in total. The minimum absolute atomic E-state index is 0.136. The minimum atomic E-state index is -0.136. The molecule has 1 rings (SSSR count). The van der Waals surface area contributed by atoms with Crippen molar-refractivity contribution in [3.05, 3.63) is 0 Å². The molecule has 4 heteroatoms. The van der Waals surface area contributed by atoms with Gasteiger partial charge >= 0.3 is 0 Å². The van der Waals surface area contributed by atoms with E-state index in [1.54, 1.807) is 0 Å². The average Bonchev–Trinajstić information content (AvgIpc) is 2.29. The third-order valence-electron chi connectivity index (χ3n) is 3.61. The number of aliphatic hydroxyl groups is 1. The highest BCUT2D eigenvalue weighted by Gasteiger charge is 2.37. The largest absolute Gasteiger partial charge is 0.394 e. The lowest BCUT2D eigenvalue weighted by atomic mass is 9.84. The summed E-state index contributed by atoms with van der Waals surface area (Å²) in [5.41, 5.74) is -0.136. The first kappa shape index (κ1) is 14.9. The molecule has 0 aromatic carbocycles. The predicted molar refractivity (Wildman–Crippen MR) is 70.2 cm³/mol. The number of hydrogen-bond donors (Lipinski definition) is 2. The third kappa shape index (κ3) is 4.54. The van der Waals surface area contributed by atoms with Gasteiger partial charge < -0.3 is 20.1 Å². The van der Waals surface area contributed by atoms with Crippen molar-refractivity contribution < 1.29 is 9.84 Å². The number of nitrogens with zero attached hydrogens (tertiary/aromatic N) is 1. The van der Waals surface area contributed by atoms with Crippen molar-refractivity contribution >= 4 is 0 Å². The second-order valence-electron chi connectivity index (χ2n) is 5.78. The van der Waals surface area contributed by atoms with Gasteiger partial charge in [-0.2, -0.15) is 0 Å². The van der Waals surface area contributed by atoms with E-state index in [2.05, 4.69) is 38.2 Å². The zero-order valence-electron chi connectivity index (χ0n) is 11.7. The number of aliphatic hydroxyl groups excluding tert-OH is 1. The molecule has 1 aliphatic heterocycles. The van der Waals surface area contributed by atoms with Crippen LogP contribution in [0.3, 0.4) is 0 Å². The van der Waals surface area contributed by atoms with Crippen molar-refractivity contribution in [1.82, 2.24) is 10.2 Å². The Kier molecular flexibility index (Phi) is 5.86. The molecule has 0 aliphatic carbocycles. The molecule has 2 atom stereocenters. The molecule has 1 fully saturated rings. The van der Waals surface area contributed by atoms with Crippen molar-refractivity contribution in [2.45, 2.75) is 38.3 Å². The fraction of sp³-hybridized carbons (Fsp3) is 1.00. The molecular formula is C13H28N2O2. The lowest BCUT2D eigenvalue weighted by Gasteiger charge is -2.42. The van der Waals surface area contributed by atoms with Gasteiger partial charge in [0.05, 0.1) is 12.7 Å². The fourth-order valence-electron chi connectivity index (χ4n) is 2.28. The average molecular weight is 244 g/mol. The molecule has 2 unspecified atom stereocenters. The van der Waals surface area contributed by atoms with E-state index in [9.17, 15) is 5.11 Å². The fourth-order valence-corrected chi connectivity index (χ4v) is 2.28. The van der Waals surface area contributed by atoms with E-state index in [0.717, 1.165) is 32.5 Å². The number of likely N-dealkylation sites (N-methyl/N-ethyl adjacent to an activating group) is 1. The molecule has 0 radical (unpaired) electrons. The second kappa shape index (κ2) is 6.69. The highest BCUT2D eigenvalue weighted by Crippen LogP contribution is 2.28. The Morgan fingerprint density at radius 3 is 2.71 bits per heavy atom. The molecule has 0 amide bonds. The SMILES string of the molecule is CC(C)C1CC(CO)(NCCN(C)C)CCO1. The lowest BCUT2D eigenvalue weighted by Crippen LogP contribution is -2.56. The van der Waals surface area contributed by atoms with E-state index < -0.39 is 0 Å². The van der Waals surface area contributed by atoms with Crippen LogP contribution >= 0.6 is 0 Å². The summed E-state index contributed by atoms with van der Waals surface area (Å²) in [6.07, 6.45) is 2.08. The van der Waals surface area contributed by atoms with Crippen molar-refractivity contribution in [2.75, 3.05) is 40.4 Å². The summed E-state index contributed by atoms with van der Waals surface area (Å²) in [5.74, 6) is 0.511. The van der Waals surface area contributed by atoms with E-state index in [0.29, 0.717) is 5.92 Å². The van der Waals surface area contributed by atoms with Gasteiger partial charge in [0, 0.05) is 25.2 Å². The van der Waals surface area contributed by atoms with Gasteiger partial charge in [-0.3, -0.25) is 0 Å². The zero-order valence-corrected chi connectivity index (χ0v) is 11.7. The van der Waals surface area contributed by atoms with Crippen molar-refractivity contribution in [3.63, 3.8) is 0 Å². The van der Waals surface area contributed by atoms with E-state index >= 15 is 0 Å². The molecule has 0 bridgehead atoms. The smallest absolute Gasteiger partial charge is 0.0616 e. The molecule has 0 aromatic rings. The maximum absolute atomic E-state index is 9.67. The van der Waals surface area contributed by atoms with Crippen LogP contribution in [0.15, 0.2) is 0 Å². The van der Waals surface area contributed by atoms with Crippen LogP contribution in [0.25, 0.3) is 0 Å². The molecule has 0 saturated carbocycles. The normalized spacial score (nSPS) is 30.2. The Morgan fingerprint density at radius 2 is 2.18 bits per heavy atom. The Hall–Kier alpha value is -0.160. The summed E-state index contributed by atoms with van der Waals surface area (Å²) < 4.78 is 5.76. The maximum Gasteiger partial charge on any atom is 0.0616 e. The van der Waals surface area contributed by atoms with Crippen molar-refractivity contribution in [1.29, 1.82) is 0 Å². The first-order valence-corrected chi connectivity index (χ1v) is 6.61. The summed E-state index contributed by atoms with van der Waals surface area (Å²) in [7, 11) is 4.13. The van der Waals surface area contributed by atoms with Gasteiger partial charge in [-0.25, -0.2) is 0 Å². The zero-order chi connectivity index (χ0) is 12.9. The minimum Gasteiger partial charge on any atom is -0.394 e. The molecule has 1 heterocycles. The molecule has 0 spiro atoms. The Balaban J connectivity index is 2.49. The van der Waals surface area contributed by atoms with Crippen LogP contribution in [-0.2, 0) is 4.74 Å². The summed E-state index contributed by atoms with van der Waals surface area (Å²) in [6, 6.07) is 0. The third-order valence-corrected chi connectivity index (χ3v) is 3.61. The maximum atomic E-state index is 9.67. The van der Waals surface area contributed by atoms with E-state index in [1.165, 1.54) is 0 Å². The molecule has 0 aromatic heterocycles. The van der Waals surface area contributed by atoms with Crippen LogP contribution in [0.2, 0.25) is 0 Å². The summed E-state index contributed by atoms with van der Waals surface area (Å²) in [6.45, 7) is 7.22. The number of hydrogen-bond acceptors (Lipinski definition) is 4. The molecule has 1 saturated heterocycles. The van der Waals surface area contributed by atoms with Crippen LogP contribution in [0, 0.1) is 5.92 Å². The monoisotopic (exact) mass is 244 g/mol. The van der Waals surface area contributed by atoms with Gasteiger partial charge in [0.1, 0.15) is 0 Å². The first-order chi connectivity index (χ1) is 7.99. The van der Waals surface area contributed by atoms with Crippen LogP contribution in [0.1, 0.15) is 26.7 Å². The molecular weight excluding hydrogens is 216 g/mol. The summed E-state index contributed by atoms with van der Waals surface area (Å²) in [4.78, 5) is 2.15. The van der Waals surface area contributed by atoms with Gasteiger partial charge in [-0.1, -0.05) is 13.8 Å². The Morgan fingerprint density at radius 1 is 1.47 bits per heavy atom. The van der Waals surface area contributed by atoms with E-state index in [1.807, 2.05) is 0 Å². The summed E-state index contributed by atoms with van der Waals surface area (Å²) in [5, 5.41) is 13.2. The standard InChI is InChI=1S/C13H28N2O2/c1-11(2)12-9-13(10-16,5-8-17-12)14-6-7-15(3)4/h11-12,14,16H,5-10H2,1-4H3. The lowest BCUT2D eigenvalue weighted by molar-refractivity contribution is -0.0645. The number of ether oxygens (including phenoxy) is 1. The quantitative estimate of drug-likeness (QED) is 0.722. The van der Waals surface area contributed by atoms with Crippen molar-refractivity contribution in [2.24, 2.45) is 5.92 Å².